The minimum absolute atomic E-state index is 0.399. The first-order valence-corrected chi connectivity index (χ1v) is 6.75. The van der Waals surface area contributed by atoms with Crippen molar-refractivity contribution in [3.8, 4) is 0 Å². The number of nitrogens with one attached hydrogen (secondary N) is 1. The fourth-order valence-electron chi connectivity index (χ4n) is 2.76. The molecular formula is C15H19N3. The average molecular weight is 241 g/mol. The standard InChI is InChI=1S/C15H19N3/c1-16-14(10-11-4-2-5-11)12-6-3-7-13-15(12)18-9-8-17-13/h3,6-9,11,14,16H,2,4-5,10H2,1H3. The van der Waals surface area contributed by atoms with E-state index in [4.69, 9.17) is 0 Å². The molecule has 1 aliphatic rings. The molecule has 3 rings (SSSR count). The third-order valence-corrected chi connectivity index (χ3v) is 4.05. The molecule has 0 radical (unpaired) electrons. The molecule has 0 bridgehead atoms. The normalized spacial score (nSPS) is 17.6. The van der Waals surface area contributed by atoms with Gasteiger partial charge in [-0.2, -0.15) is 0 Å². The summed E-state index contributed by atoms with van der Waals surface area (Å²) in [4.78, 5) is 8.88. The van der Waals surface area contributed by atoms with Gasteiger partial charge in [0.25, 0.3) is 0 Å². The van der Waals surface area contributed by atoms with Crippen molar-refractivity contribution < 1.29 is 0 Å². The summed E-state index contributed by atoms with van der Waals surface area (Å²) >= 11 is 0. The molecule has 1 aromatic heterocycles. The molecule has 1 aliphatic carbocycles. The summed E-state index contributed by atoms with van der Waals surface area (Å²) in [5.41, 5.74) is 3.32. The Labute approximate surface area is 108 Å². The van der Waals surface area contributed by atoms with Crippen molar-refractivity contribution in [3.05, 3.63) is 36.2 Å². The van der Waals surface area contributed by atoms with Crippen LogP contribution in [0.25, 0.3) is 11.0 Å². The van der Waals surface area contributed by atoms with Gasteiger partial charge in [-0.25, -0.2) is 0 Å². The van der Waals surface area contributed by atoms with Gasteiger partial charge in [0.1, 0.15) is 0 Å². The topological polar surface area (TPSA) is 37.8 Å². The van der Waals surface area contributed by atoms with Crippen molar-refractivity contribution >= 4 is 11.0 Å². The fourth-order valence-corrected chi connectivity index (χ4v) is 2.76. The lowest BCUT2D eigenvalue weighted by Crippen LogP contribution is -2.23. The van der Waals surface area contributed by atoms with Crippen LogP contribution in [0, 0.1) is 5.92 Å². The van der Waals surface area contributed by atoms with Crippen LogP contribution in [0.3, 0.4) is 0 Å². The molecule has 1 unspecified atom stereocenters. The molecule has 1 fully saturated rings. The molecule has 94 valence electrons. The monoisotopic (exact) mass is 241 g/mol. The summed E-state index contributed by atoms with van der Waals surface area (Å²) in [6.07, 6.45) is 8.92. The highest BCUT2D eigenvalue weighted by atomic mass is 14.9. The summed E-state index contributed by atoms with van der Waals surface area (Å²) in [5, 5.41) is 3.44. The van der Waals surface area contributed by atoms with Gasteiger partial charge < -0.3 is 5.32 Å². The zero-order chi connectivity index (χ0) is 12.4. The van der Waals surface area contributed by atoms with Crippen molar-refractivity contribution in [2.45, 2.75) is 31.7 Å². The lowest BCUT2D eigenvalue weighted by atomic mass is 9.79. The first-order valence-electron chi connectivity index (χ1n) is 6.75. The molecule has 0 spiro atoms. The minimum Gasteiger partial charge on any atom is -0.313 e. The fraction of sp³-hybridized carbons (Fsp3) is 0.467. The van der Waals surface area contributed by atoms with Crippen molar-refractivity contribution in [1.29, 1.82) is 0 Å². The SMILES string of the molecule is CNC(CC1CCC1)c1cccc2nccnc12. The minimum atomic E-state index is 0.399. The first kappa shape index (κ1) is 11.6. The van der Waals surface area contributed by atoms with Crippen LogP contribution in [0.2, 0.25) is 0 Å². The summed E-state index contributed by atoms with van der Waals surface area (Å²) in [6.45, 7) is 0. The smallest absolute Gasteiger partial charge is 0.0934 e. The highest BCUT2D eigenvalue weighted by Crippen LogP contribution is 2.35. The van der Waals surface area contributed by atoms with Gasteiger partial charge in [0.2, 0.25) is 0 Å². The third kappa shape index (κ3) is 2.10. The maximum absolute atomic E-state index is 4.50. The van der Waals surface area contributed by atoms with Crippen LogP contribution < -0.4 is 5.32 Å². The quantitative estimate of drug-likeness (QED) is 0.894. The number of rotatable bonds is 4. The maximum Gasteiger partial charge on any atom is 0.0934 e. The molecule has 3 nitrogen and oxygen atoms in total. The van der Waals surface area contributed by atoms with Gasteiger partial charge in [-0.15, -0.1) is 0 Å². The van der Waals surface area contributed by atoms with E-state index in [-0.39, 0.29) is 0 Å². The Morgan fingerprint density at radius 1 is 1.28 bits per heavy atom. The third-order valence-electron chi connectivity index (χ3n) is 4.05. The van der Waals surface area contributed by atoms with Gasteiger partial charge in [0, 0.05) is 18.4 Å². The second kappa shape index (κ2) is 5.02. The van der Waals surface area contributed by atoms with Crippen LogP contribution >= 0.6 is 0 Å². The number of nitrogens with zero attached hydrogens (tertiary/aromatic N) is 2. The van der Waals surface area contributed by atoms with E-state index in [0.29, 0.717) is 6.04 Å². The zero-order valence-corrected chi connectivity index (χ0v) is 10.8. The van der Waals surface area contributed by atoms with E-state index in [1.165, 1.54) is 31.2 Å². The number of benzene rings is 1. The average Bonchev–Trinajstić information content (AvgIpc) is 2.38. The molecule has 1 atom stereocenters. The van der Waals surface area contributed by atoms with Crippen molar-refractivity contribution in [2.75, 3.05) is 7.05 Å². The number of para-hydroxylation sites is 1. The number of hydrogen-bond donors (Lipinski definition) is 1. The van der Waals surface area contributed by atoms with Crippen LogP contribution in [-0.2, 0) is 0 Å². The van der Waals surface area contributed by atoms with Crippen LogP contribution in [0.5, 0.6) is 0 Å². The molecule has 0 saturated heterocycles. The van der Waals surface area contributed by atoms with Gasteiger partial charge in [-0.3, -0.25) is 9.97 Å². The second-order valence-corrected chi connectivity index (χ2v) is 5.15. The van der Waals surface area contributed by atoms with Gasteiger partial charge >= 0.3 is 0 Å². The van der Waals surface area contributed by atoms with Crippen molar-refractivity contribution in [2.24, 2.45) is 5.92 Å². The molecule has 18 heavy (non-hydrogen) atoms. The molecule has 0 amide bonds. The molecule has 1 saturated carbocycles. The van der Waals surface area contributed by atoms with Gasteiger partial charge in [0.05, 0.1) is 11.0 Å². The Balaban J connectivity index is 1.95. The van der Waals surface area contributed by atoms with Crippen molar-refractivity contribution in [3.63, 3.8) is 0 Å². The number of hydrogen-bond acceptors (Lipinski definition) is 3. The first-order chi connectivity index (χ1) is 8.88. The van der Waals surface area contributed by atoms with Gasteiger partial charge in [-0.1, -0.05) is 31.4 Å². The molecule has 1 N–H and O–H groups in total. The molecule has 3 heteroatoms. The predicted molar refractivity (Wildman–Crippen MR) is 73.3 cm³/mol. The van der Waals surface area contributed by atoms with E-state index in [1.807, 2.05) is 13.1 Å². The summed E-state index contributed by atoms with van der Waals surface area (Å²) < 4.78 is 0. The van der Waals surface area contributed by atoms with Crippen LogP contribution in [0.15, 0.2) is 30.6 Å². The van der Waals surface area contributed by atoms with E-state index in [1.54, 1.807) is 12.4 Å². The Morgan fingerprint density at radius 2 is 2.11 bits per heavy atom. The number of aromatic nitrogens is 2. The molecule has 2 aromatic rings. The van der Waals surface area contributed by atoms with Crippen LogP contribution in [0.1, 0.15) is 37.3 Å². The Hall–Kier alpha value is -1.48. The Morgan fingerprint density at radius 3 is 2.83 bits per heavy atom. The molecule has 0 aliphatic heterocycles. The zero-order valence-electron chi connectivity index (χ0n) is 10.8. The Kier molecular flexibility index (Phi) is 3.24. The summed E-state index contributed by atoms with van der Waals surface area (Å²) in [6, 6.07) is 6.69. The number of fused-ring (bicyclic) bond motifs is 1. The maximum atomic E-state index is 4.50. The molecule has 1 heterocycles. The summed E-state index contributed by atoms with van der Waals surface area (Å²) in [7, 11) is 2.04. The van der Waals surface area contributed by atoms with Gasteiger partial charge in [0.15, 0.2) is 0 Å². The predicted octanol–water partition coefficient (Wildman–Crippen LogP) is 3.08. The van der Waals surface area contributed by atoms with E-state index >= 15 is 0 Å². The van der Waals surface area contributed by atoms with E-state index in [9.17, 15) is 0 Å². The largest absolute Gasteiger partial charge is 0.313 e. The van der Waals surface area contributed by atoms with Crippen LogP contribution in [0.4, 0.5) is 0 Å². The second-order valence-electron chi connectivity index (χ2n) is 5.15. The lowest BCUT2D eigenvalue weighted by Gasteiger charge is -2.30. The van der Waals surface area contributed by atoms with Gasteiger partial charge in [-0.05, 0) is 31.0 Å². The summed E-state index contributed by atoms with van der Waals surface area (Å²) in [5.74, 6) is 0.884. The van der Waals surface area contributed by atoms with Crippen LogP contribution in [-0.4, -0.2) is 17.0 Å². The Bertz CT molecular complexity index is 529. The highest BCUT2D eigenvalue weighted by molar-refractivity contribution is 5.78. The molecular weight excluding hydrogens is 222 g/mol. The highest BCUT2D eigenvalue weighted by Gasteiger charge is 2.23. The lowest BCUT2D eigenvalue weighted by molar-refractivity contribution is 0.266. The van der Waals surface area contributed by atoms with E-state index < -0.39 is 0 Å². The van der Waals surface area contributed by atoms with Crippen molar-refractivity contribution in [1.82, 2.24) is 15.3 Å². The van der Waals surface area contributed by atoms with E-state index in [2.05, 4.69) is 27.4 Å². The molecule has 1 aromatic carbocycles. The van der Waals surface area contributed by atoms with E-state index in [0.717, 1.165) is 17.0 Å².